The van der Waals surface area contributed by atoms with Gasteiger partial charge in [0.25, 0.3) is 0 Å². The number of aromatic nitrogens is 2. The van der Waals surface area contributed by atoms with E-state index in [4.69, 9.17) is 10.5 Å². The van der Waals surface area contributed by atoms with Crippen LogP contribution in [0.5, 0.6) is 0 Å². The van der Waals surface area contributed by atoms with Crippen LogP contribution >= 0.6 is 24.8 Å². The molecule has 2 heterocycles. The Balaban J connectivity index is 0.000000845. The van der Waals surface area contributed by atoms with Crippen LogP contribution in [0.3, 0.4) is 0 Å². The van der Waals surface area contributed by atoms with E-state index in [1.54, 1.807) is 6.20 Å². The maximum absolute atomic E-state index is 5.86. The molecule has 14 heavy (non-hydrogen) atoms. The Hall–Kier alpha value is -0.290. The van der Waals surface area contributed by atoms with Crippen LogP contribution in [-0.2, 0) is 11.8 Å². The Morgan fingerprint density at radius 1 is 1.57 bits per heavy atom. The third kappa shape index (κ3) is 2.39. The number of nitrogens with zero attached hydrogens (tertiary/aromatic N) is 2. The van der Waals surface area contributed by atoms with Gasteiger partial charge in [-0.3, -0.25) is 0 Å². The second kappa shape index (κ2) is 5.56. The highest BCUT2D eigenvalue weighted by atomic mass is 35.5. The minimum atomic E-state index is -0.00926. The summed E-state index contributed by atoms with van der Waals surface area (Å²) in [5.74, 6) is 0.931. The molecule has 0 aliphatic carbocycles. The van der Waals surface area contributed by atoms with Crippen LogP contribution < -0.4 is 5.73 Å². The van der Waals surface area contributed by atoms with Gasteiger partial charge in [0.05, 0.1) is 0 Å². The Morgan fingerprint density at radius 3 is 2.71 bits per heavy atom. The van der Waals surface area contributed by atoms with E-state index in [9.17, 15) is 0 Å². The van der Waals surface area contributed by atoms with Crippen LogP contribution in [0, 0.1) is 0 Å². The number of hydrogen-bond donors (Lipinski definition) is 1. The fourth-order valence-electron chi connectivity index (χ4n) is 1.52. The van der Waals surface area contributed by atoms with Gasteiger partial charge in [0.2, 0.25) is 0 Å². The fourth-order valence-corrected chi connectivity index (χ4v) is 1.52. The van der Waals surface area contributed by atoms with Gasteiger partial charge in [-0.05, 0) is 6.42 Å². The monoisotopic (exact) mass is 239 g/mol. The summed E-state index contributed by atoms with van der Waals surface area (Å²) in [5.41, 5.74) is 5.86. The number of imidazole rings is 1. The van der Waals surface area contributed by atoms with Gasteiger partial charge >= 0.3 is 0 Å². The summed E-state index contributed by atoms with van der Waals surface area (Å²) in [6, 6.07) is 0.103. The zero-order valence-corrected chi connectivity index (χ0v) is 9.55. The molecule has 1 aromatic rings. The fraction of sp³-hybridized carbons (Fsp3) is 0.625. The molecular weight excluding hydrogens is 225 g/mol. The van der Waals surface area contributed by atoms with Crippen molar-refractivity contribution in [3.8, 4) is 0 Å². The molecule has 1 aliphatic rings. The number of nitrogens with two attached hydrogens (primary N) is 1. The van der Waals surface area contributed by atoms with E-state index >= 15 is 0 Å². The van der Waals surface area contributed by atoms with Gasteiger partial charge in [-0.2, -0.15) is 0 Å². The number of aryl methyl sites for hydroxylation is 1. The molecule has 0 aromatic carbocycles. The number of hydrogen-bond acceptors (Lipinski definition) is 3. The van der Waals surface area contributed by atoms with Crippen LogP contribution in [0.15, 0.2) is 12.4 Å². The first kappa shape index (κ1) is 13.7. The largest absolute Gasteiger partial charge is 0.369 e. The highest BCUT2D eigenvalue weighted by Gasteiger charge is 2.29. The highest BCUT2D eigenvalue weighted by Crippen LogP contribution is 2.25. The minimum Gasteiger partial charge on any atom is -0.369 e. The molecule has 2 atom stereocenters. The second-order valence-corrected chi connectivity index (χ2v) is 3.14. The van der Waals surface area contributed by atoms with E-state index in [2.05, 4.69) is 4.98 Å². The third-order valence-corrected chi connectivity index (χ3v) is 2.25. The molecule has 4 nitrogen and oxygen atoms in total. The smallest absolute Gasteiger partial charge is 0.139 e. The maximum Gasteiger partial charge on any atom is 0.139 e. The van der Waals surface area contributed by atoms with Gasteiger partial charge in [-0.15, -0.1) is 24.8 Å². The second-order valence-electron chi connectivity index (χ2n) is 3.14. The summed E-state index contributed by atoms with van der Waals surface area (Å²) in [6.07, 6.45) is 4.59. The molecular formula is C8H15Cl2N3O. The van der Waals surface area contributed by atoms with Crippen LogP contribution in [0.4, 0.5) is 0 Å². The molecule has 0 spiro atoms. The summed E-state index contributed by atoms with van der Waals surface area (Å²) >= 11 is 0. The summed E-state index contributed by atoms with van der Waals surface area (Å²) in [5, 5.41) is 0. The highest BCUT2D eigenvalue weighted by molar-refractivity contribution is 5.85. The van der Waals surface area contributed by atoms with E-state index in [0.29, 0.717) is 0 Å². The molecule has 2 N–H and O–H groups in total. The first-order valence-corrected chi connectivity index (χ1v) is 4.13. The Kier molecular flexibility index (Phi) is 5.44. The summed E-state index contributed by atoms with van der Waals surface area (Å²) < 4.78 is 7.44. The van der Waals surface area contributed by atoms with E-state index in [1.807, 2.05) is 17.8 Å². The molecule has 0 unspecified atom stereocenters. The molecule has 6 heteroatoms. The first-order chi connectivity index (χ1) is 5.79. The lowest BCUT2D eigenvalue weighted by molar-refractivity contribution is 0.0957. The SMILES string of the molecule is Cl.Cl.Cn1ccnc1[C@H]1OCC[C@@H]1N. The minimum absolute atomic E-state index is 0. The maximum atomic E-state index is 5.86. The zero-order valence-electron chi connectivity index (χ0n) is 7.92. The van der Waals surface area contributed by atoms with Crippen LogP contribution in [-0.4, -0.2) is 22.2 Å². The van der Waals surface area contributed by atoms with Crippen molar-refractivity contribution in [2.24, 2.45) is 12.8 Å². The van der Waals surface area contributed by atoms with Crippen molar-refractivity contribution in [1.82, 2.24) is 9.55 Å². The number of ether oxygens (including phenoxy) is 1. The van der Waals surface area contributed by atoms with E-state index in [0.717, 1.165) is 18.9 Å². The molecule has 2 rings (SSSR count). The predicted octanol–water partition coefficient (Wildman–Crippen LogP) is 1.05. The summed E-state index contributed by atoms with van der Waals surface area (Å²) in [7, 11) is 1.96. The lowest BCUT2D eigenvalue weighted by Gasteiger charge is -2.13. The van der Waals surface area contributed by atoms with Gasteiger partial charge in [-0.25, -0.2) is 4.98 Å². The molecule has 1 saturated heterocycles. The van der Waals surface area contributed by atoms with E-state index in [-0.39, 0.29) is 37.0 Å². The molecule has 1 aromatic heterocycles. The van der Waals surface area contributed by atoms with Crippen molar-refractivity contribution in [3.05, 3.63) is 18.2 Å². The molecule has 1 fully saturated rings. The van der Waals surface area contributed by atoms with Gasteiger partial charge in [0.15, 0.2) is 0 Å². The Morgan fingerprint density at radius 2 is 2.29 bits per heavy atom. The molecule has 0 amide bonds. The lowest BCUT2D eigenvalue weighted by atomic mass is 10.1. The lowest BCUT2D eigenvalue weighted by Crippen LogP contribution is -2.25. The van der Waals surface area contributed by atoms with Crippen molar-refractivity contribution >= 4 is 24.8 Å². The van der Waals surface area contributed by atoms with Crippen LogP contribution in [0.25, 0.3) is 0 Å². The quantitative estimate of drug-likeness (QED) is 0.798. The van der Waals surface area contributed by atoms with Crippen molar-refractivity contribution in [3.63, 3.8) is 0 Å². The van der Waals surface area contributed by atoms with Crippen molar-refractivity contribution in [2.45, 2.75) is 18.6 Å². The average molecular weight is 240 g/mol. The molecule has 1 aliphatic heterocycles. The summed E-state index contributed by atoms with van der Waals surface area (Å²) in [6.45, 7) is 0.749. The summed E-state index contributed by atoms with van der Waals surface area (Å²) in [4.78, 5) is 4.21. The standard InChI is InChI=1S/C8H13N3O.2ClH/c1-11-4-3-10-8(11)7-6(9)2-5-12-7;;/h3-4,6-7H,2,5,9H2,1H3;2*1H/t6-,7-;;/m0../s1. The van der Waals surface area contributed by atoms with Crippen molar-refractivity contribution in [2.75, 3.05) is 6.61 Å². The Labute approximate surface area is 95.6 Å². The van der Waals surface area contributed by atoms with Crippen molar-refractivity contribution < 1.29 is 4.74 Å². The topological polar surface area (TPSA) is 53.1 Å². The van der Waals surface area contributed by atoms with E-state index < -0.39 is 0 Å². The molecule has 82 valence electrons. The number of halogens is 2. The third-order valence-electron chi connectivity index (χ3n) is 2.25. The molecule has 0 saturated carbocycles. The average Bonchev–Trinajstić information content (AvgIpc) is 2.59. The number of rotatable bonds is 1. The van der Waals surface area contributed by atoms with Crippen molar-refractivity contribution in [1.29, 1.82) is 0 Å². The van der Waals surface area contributed by atoms with Gasteiger partial charge in [0, 0.05) is 32.1 Å². The Bertz CT molecular complexity index is 279. The predicted molar refractivity (Wildman–Crippen MR) is 59.0 cm³/mol. The van der Waals surface area contributed by atoms with Gasteiger partial charge in [0.1, 0.15) is 11.9 Å². The van der Waals surface area contributed by atoms with Gasteiger partial charge in [-0.1, -0.05) is 0 Å². The molecule has 0 bridgehead atoms. The molecule has 0 radical (unpaired) electrons. The first-order valence-electron chi connectivity index (χ1n) is 4.13. The zero-order chi connectivity index (χ0) is 8.55. The van der Waals surface area contributed by atoms with Crippen LogP contribution in [0.2, 0.25) is 0 Å². The normalized spacial score (nSPS) is 25.3. The van der Waals surface area contributed by atoms with E-state index in [1.165, 1.54) is 0 Å². The van der Waals surface area contributed by atoms with Gasteiger partial charge < -0.3 is 15.0 Å². The van der Waals surface area contributed by atoms with Crippen LogP contribution in [0.1, 0.15) is 18.3 Å².